The highest BCUT2D eigenvalue weighted by molar-refractivity contribution is 14.0. The summed E-state index contributed by atoms with van der Waals surface area (Å²) >= 11 is 0. The third-order valence-electron chi connectivity index (χ3n) is 3.57. The molecule has 0 amide bonds. The zero-order valence-corrected chi connectivity index (χ0v) is 14.4. The van der Waals surface area contributed by atoms with E-state index in [-0.39, 0.29) is 24.0 Å². The van der Waals surface area contributed by atoms with Crippen molar-refractivity contribution in [1.82, 2.24) is 15.5 Å². The Morgan fingerprint density at radius 3 is 2.63 bits per heavy atom. The van der Waals surface area contributed by atoms with Crippen LogP contribution in [0.5, 0.6) is 0 Å². The summed E-state index contributed by atoms with van der Waals surface area (Å²) in [6, 6.07) is 0.631. The smallest absolute Gasteiger partial charge is 0.191 e. The quantitative estimate of drug-likeness (QED) is 0.422. The van der Waals surface area contributed by atoms with E-state index in [0.29, 0.717) is 6.04 Å². The van der Waals surface area contributed by atoms with Gasteiger partial charge in [0.25, 0.3) is 0 Å². The molecule has 2 unspecified atom stereocenters. The second kappa shape index (κ2) is 8.97. The van der Waals surface area contributed by atoms with E-state index in [2.05, 4.69) is 34.4 Å². The first-order chi connectivity index (χ1) is 8.79. The highest BCUT2D eigenvalue weighted by Gasteiger charge is 2.33. The van der Waals surface area contributed by atoms with Crippen molar-refractivity contribution in [1.29, 1.82) is 0 Å². The van der Waals surface area contributed by atoms with Gasteiger partial charge < -0.3 is 15.4 Å². The van der Waals surface area contributed by atoms with Gasteiger partial charge >= 0.3 is 0 Å². The summed E-state index contributed by atoms with van der Waals surface area (Å²) in [7, 11) is 0. The van der Waals surface area contributed by atoms with Crippen LogP contribution in [0, 0.1) is 5.92 Å². The molecule has 1 heterocycles. The molecule has 1 aliphatic carbocycles. The summed E-state index contributed by atoms with van der Waals surface area (Å²) in [6.45, 7) is 11.0. The molecule has 2 rings (SSSR count). The number of nitrogens with one attached hydrogen (secondary N) is 2. The van der Waals surface area contributed by atoms with Gasteiger partial charge in [0.05, 0.1) is 19.8 Å². The molecule has 2 N–H and O–H groups in total. The zero-order chi connectivity index (χ0) is 12.8. The molecule has 19 heavy (non-hydrogen) atoms. The molecule has 1 saturated carbocycles. The number of aliphatic imine (C=N–C) groups is 1. The molecular weight excluding hydrogens is 355 g/mol. The minimum absolute atomic E-state index is 0. The Bertz CT molecular complexity index is 282. The minimum atomic E-state index is 0. The van der Waals surface area contributed by atoms with E-state index in [0.717, 1.165) is 57.8 Å². The average molecular weight is 382 g/mol. The second-order valence-corrected chi connectivity index (χ2v) is 5.18. The highest BCUT2D eigenvalue weighted by Crippen LogP contribution is 2.28. The van der Waals surface area contributed by atoms with Crippen LogP contribution >= 0.6 is 24.0 Å². The van der Waals surface area contributed by atoms with E-state index in [1.165, 1.54) is 6.42 Å². The molecule has 1 saturated heterocycles. The zero-order valence-electron chi connectivity index (χ0n) is 12.0. The first-order valence-corrected chi connectivity index (χ1v) is 7.14. The van der Waals surface area contributed by atoms with E-state index in [9.17, 15) is 0 Å². The van der Waals surface area contributed by atoms with Crippen LogP contribution in [0.2, 0.25) is 0 Å². The van der Waals surface area contributed by atoms with Crippen LogP contribution in [-0.2, 0) is 4.74 Å². The van der Waals surface area contributed by atoms with Crippen LogP contribution in [0.25, 0.3) is 0 Å². The third kappa shape index (κ3) is 6.27. The SMILES string of the molecule is CCNC(=NCCN1CCOCC1)NC1CC1C.I. The summed E-state index contributed by atoms with van der Waals surface area (Å²) in [5.74, 6) is 1.77. The Hall–Kier alpha value is -0.0800. The van der Waals surface area contributed by atoms with Gasteiger partial charge in [-0.1, -0.05) is 6.92 Å². The molecule has 2 atom stereocenters. The number of nitrogens with zero attached hydrogens (tertiary/aromatic N) is 2. The van der Waals surface area contributed by atoms with Crippen molar-refractivity contribution in [3.8, 4) is 0 Å². The van der Waals surface area contributed by atoms with E-state index in [1.807, 2.05) is 0 Å². The maximum atomic E-state index is 5.34. The summed E-state index contributed by atoms with van der Waals surface area (Å²) in [6.07, 6.45) is 1.27. The van der Waals surface area contributed by atoms with Crippen LogP contribution in [0.1, 0.15) is 20.3 Å². The lowest BCUT2D eigenvalue weighted by Crippen LogP contribution is -2.41. The first kappa shape index (κ1) is 17.0. The van der Waals surface area contributed by atoms with Gasteiger partial charge in [0.2, 0.25) is 0 Å². The standard InChI is InChI=1S/C13H26N4O.HI/c1-3-14-13(16-12-10-11(12)2)15-4-5-17-6-8-18-9-7-17;/h11-12H,3-10H2,1-2H3,(H2,14,15,16);1H. The van der Waals surface area contributed by atoms with Crippen LogP contribution in [-0.4, -0.2) is 62.8 Å². The van der Waals surface area contributed by atoms with E-state index >= 15 is 0 Å². The maximum Gasteiger partial charge on any atom is 0.191 e. The van der Waals surface area contributed by atoms with E-state index < -0.39 is 0 Å². The predicted molar refractivity (Wildman–Crippen MR) is 89.4 cm³/mol. The molecule has 1 aliphatic heterocycles. The second-order valence-electron chi connectivity index (χ2n) is 5.18. The molecular formula is C13H27IN4O. The number of rotatable bonds is 5. The van der Waals surface area contributed by atoms with Gasteiger partial charge in [0.15, 0.2) is 5.96 Å². The molecule has 5 nitrogen and oxygen atoms in total. The fourth-order valence-corrected chi connectivity index (χ4v) is 2.15. The largest absolute Gasteiger partial charge is 0.379 e. The summed E-state index contributed by atoms with van der Waals surface area (Å²) in [4.78, 5) is 7.05. The minimum Gasteiger partial charge on any atom is -0.379 e. The molecule has 0 aromatic rings. The molecule has 2 aliphatic rings. The number of guanidine groups is 1. The number of halogens is 1. The fraction of sp³-hybridized carbons (Fsp3) is 0.923. The molecule has 6 heteroatoms. The van der Waals surface area contributed by atoms with Crippen molar-refractivity contribution in [2.75, 3.05) is 45.9 Å². The summed E-state index contributed by atoms with van der Waals surface area (Å²) in [5, 5.41) is 6.78. The Kier molecular flexibility index (Phi) is 8.01. The van der Waals surface area contributed by atoms with Crippen molar-refractivity contribution in [2.45, 2.75) is 26.3 Å². The number of morpholine rings is 1. The Labute approximate surface area is 133 Å². The molecule has 0 bridgehead atoms. The van der Waals surface area contributed by atoms with Gasteiger partial charge in [0, 0.05) is 32.2 Å². The molecule has 2 fully saturated rings. The maximum absolute atomic E-state index is 5.34. The van der Waals surface area contributed by atoms with Crippen molar-refractivity contribution in [2.24, 2.45) is 10.9 Å². The normalized spacial score (nSPS) is 27.6. The highest BCUT2D eigenvalue weighted by atomic mass is 127. The summed E-state index contributed by atoms with van der Waals surface area (Å²) in [5.41, 5.74) is 0. The van der Waals surface area contributed by atoms with Crippen LogP contribution < -0.4 is 10.6 Å². The molecule has 112 valence electrons. The Morgan fingerprint density at radius 1 is 1.37 bits per heavy atom. The molecule has 0 radical (unpaired) electrons. The van der Waals surface area contributed by atoms with Crippen LogP contribution in [0.3, 0.4) is 0 Å². The van der Waals surface area contributed by atoms with Crippen molar-refractivity contribution < 1.29 is 4.74 Å². The van der Waals surface area contributed by atoms with Gasteiger partial charge in [-0.15, -0.1) is 24.0 Å². The van der Waals surface area contributed by atoms with Gasteiger partial charge in [0.1, 0.15) is 0 Å². The lowest BCUT2D eigenvalue weighted by atomic mass is 10.4. The number of ether oxygens (including phenoxy) is 1. The lowest BCUT2D eigenvalue weighted by molar-refractivity contribution is 0.0394. The fourth-order valence-electron chi connectivity index (χ4n) is 2.15. The number of hydrogen-bond donors (Lipinski definition) is 2. The average Bonchev–Trinajstić information content (AvgIpc) is 3.06. The predicted octanol–water partition coefficient (Wildman–Crippen LogP) is 0.900. The van der Waals surface area contributed by atoms with Gasteiger partial charge in [-0.2, -0.15) is 0 Å². The van der Waals surface area contributed by atoms with Crippen LogP contribution in [0.4, 0.5) is 0 Å². The lowest BCUT2D eigenvalue weighted by Gasteiger charge is -2.25. The van der Waals surface area contributed by atoms with Crippen molar-refractivity contribution in [3.63, 3.8) is 0 Å². The van der Waals surface area contributed by atoms with Gasteiger partial charge in [-0.05, 0) is 19.3 Å². The topological polar surface area (TPSA) is 48.9 Å². The van der Waals surface area contributed by atoms with E-state index in [1.54, 1.807) is 0 Å². The van der Waals surface area contributed by atoms with Crippen LogP contribution in [0.15, 0.2) is 4.99 Å². The van der Waals surface area contributed by atoms with E-state index in [4.69, 9.17) is 4.74 Å². The number of hydrogen-bond acceptors (Lipinski definition) is 3. The van der Waals surface area contributed by atoms with Crippen molar-refractivity contribution >= 4 is 29.9 Å². The first-order valence-electron chi connectivity index (χ1n) is 7.14. The molecule has 0 aromatic heterocycles. The van der Waals surface area contributed by atoms with Gasteiger partial charge in [-0.3, -0.25) is 9.89 Å². The summed E-state index contributed by atoms with van der Waals surface area (Å²) < 4.78 is 5.34. The van der Waals surface area contributed by atoms with Gasteiger partial charge in [-0.25, -0.2) is 0 Å². The Balaban J connectivity index is 0.00000180. The molecule has 0 spiro atoms. The van der Waals surface area contributed by atoms with Crippen molar-refractivity contribution in [3.05, 3.63) is 0 Å². The third-order valence-corrected chi connectivity index (χ3v) is 3.57. The monoisotopic (exact) mass is 382 g/mol. The Morgan fingerprint density at radius 2 is 2.05 bits per heavy atom. The molecule has 0 aromatic carbocycles.